The highest BCUT2D eigenvalue weighted by Gasteiger charge is 2.01. The van der Waals surface area contributed by atoms with Gasteiger partial charge in [0.1, 0.15) is 6.61 Å². The fourth-order valence-corrected chi connectivity index (χ4v) is 1.64. The van der Waals surface area contributed by atoms with Crippen LogP contribution in [0.4, 0.5) is 0 Å². The lowest BCUT2D eigenvalue weighted by atomic mass is 10.1. The number of pyridine rings is 1. The molecule has 4 nitrogen and oxygen atoms in total. The van der Waals surface area contributed by atoms with Gasteiger partial charge in [0, 0.05) is 23.2 Å². The minimum absolute atomic E-state index is 0.187. The number of Topliss-reactive ketones (excluding diaryl/α,β-unsaturated/α-hetero) is 1. The van der Waals surface area contributed by atoms with Crippen molar-refractivity contribution in [3.05, 3.63) is 48.2 Å². The number of ether oxygens (including phenoxy) is 1. The van der Waals surface area contributed by atoms with E-state index in [4.69, 9.17) is 4.74 Å². The normalized spacial score (nSPS) is 10.8. The van der Waals surface area contributed by atoms with Crippen molar-refractivity contribution in [1.29, 1.82) is 0 Å². The van der Waals surface area contributed by atoms with Gasteiger partial charge in [0.25, 0.3) is 0 Å². The molecule has 19 heavy (non-hydrogen) atoms. The molecule has 0 amide bonds. The summed E-state index contributed by atoms with van der Waals surface area (Å²) in [4.78, 5) is 26.3. The largest absolute Gasteiger partial charge is 0.455 e. The van der Waals surface area contributed by atoms with Crippen LogP contribution in [0.1, 0.15) is 12.5 Å². The summed E-state index contributed by atoms with van der Waals surface area (Å²) in [7, 11) is 0. The Morgan fingerprint density at radius 3 is 2.84 bits per heavy atom. The summed E-state index contributed by atoms with van der Waals surface area (Å²) in [6, 6.07) is 9.52. The quantitative estimate of drug-likeness (QED) is 0.621. The molecule has 0 aliphatic carbocycles. The molecule has 4 heteroatoms. The summed E-state index contributed by atoms with van der Waals surface area (Å²) in [6.07, 6.45) is 4.64. The summed E-state index contributed by atoms with van der Waals surface area (Å²) in [6.45, 7) is 1.17. The summed E-state index contributed by atoms with van der Waals surface area (Å²) >= 11 is 0. The molecule has 1 heterocycles. The van der Waals surface area contributed by atoms with Crippen molar-refractivity contribution >= 4 is 28.7 Å². The second kappa shape index (κ2) is 5.91. The van der Waals surface area contributed by atoms with E-state index in [2.05, 4.69) is 4.98 Å². The van der Waals surface area contributed by atoms with E-state index in [1.54, 1.807) is 12.3 Å². The molecule has 0 spiro atoms. The van der Waals surface area contributed by atoms with Gasteiger partial charge < -0.3 is 4.74 Å². The molecule has 0 aliphatic rings. The van der Waals surface area contributed by atoms with Crippen molar-refractivity contribution < 1.29 is 14.3 Å². The Kier molecular flexibility index (Phi) is 4.03. The molecule has 0 saturated heterocycles. The predicted molar refractivity (Wildman–Crippen MR) is 72.4 cm³/mol. The lowest BCUT2D eigenvalue weighted by Crippen LogP contribution is -2.08. The van der Waals surface area contributed by atoms with Crippen molar-refractivity contribution in [2.45, 2.75) is 6.92 Å². The molecular weight excluding hydrogens is 242 g/mol. The Morgan fingerprint density at radius 1 is 1.26 bits per heavy atom. The van der Waals surface area contributed by atoms with Gasteiger partial charge in [0.2, 0.25) is 0 Å². The van der Waals surface area contributed by atoms with Crippen LogP contribution in [0.15, 0.2) is 42.6 Å². The summed E-state index contributed by atoms with van der Waals surface area (Å²) in [5, 5.41) is 1.00. The van der Waals surface area contributed by atoms with E-state index in [0.29, 0.717) is 0 Å². The lowest BCUT2D eigenvalue weighted by Gasteiger charge is -2.01. The maximum Gasteiger partial charge on any atom is 0.331 e. The molecule has 96 valence electrons. The molecule has 2 aromatic rings. The van der Waals surface area contributed by atoms with Gasteiger partial charge in [-0.2, -0.15) is 0 Å². The second-order valence-electron chi connectivity index (χ2n) is 4.07. The Morgan fingerprint density at radius 2 is 2.05 bits per heavy atom. The first-order valence-corrected chi connectivity index (χ1v) is 5.85. The van der Waals surface area contributed by atoms with Crippen LogP contribution in [0.2, 0.25) is 0 Å². The van der Waals surface area contributed by atoms with Crippen LogP contribution in [0.5, 0.6) is 0 Å². The number of benzene rings is 1. The average molecular weight is 255 g/mol. The van der Waals surface area contributed by atoms with Gasteiger partial charge >= 0.3 is 5.97 Å². The van der Waals surface area contributed by atoms with Crippen LogP contribution in [0, 0.1) is 0 Å². The van der Waals surface area contributed by atoms with Crippen LogP contribution < -0.4 is 0 Å². The van der Waals surface area contributed by atoms with Gasteiger partial charge in [-0.1, -0.05) is 24.3 Å². The third-order valence-electron chi connectivity index (χ3n) is 2.48. The third-order valence-corrected chi connectivity index (χ3v) is 2.48. The van der Waals surface area contributed by atoms with Crippen molar-refractivity contribution in [3.63, 3.8) is 0 Å². The van der Waals surface area contributed by atoms with Crippen LogP contribution in [0.25, 0.3) is 17.0 Å². The number of hydrogen-bond acceptors (Lipinski definition) is 4. The molecule has 1 aromatic heterocycles. The number of nitrogens with zero attached hydrogens (tertiary/aromatic N) is 1. The molecule has 0 radical (unpaired) electrons. The highest BCUT2D eigenvalue weighted by molar-refractivity contribution is 5.93. The summed E-state index contributed by atoms with van der Waals surface area (Å²) < 4.78 is 4.74. The van der Waals surface area contributed by atoms with E-state index in [1.165, 1.54) is 13.0 Å². The number of carbonyl (C=O) groups excluding carboxylic acids is 2. The Balaban J connectivity index is 2.17. The SMILES string of the molecule is CC(=O)COC(=O)/C=C/c1cccc2cccnc12. The zero-order valence-electron chi connectivity index (χ0n) is 10.5. The van der Waals surface area contributed by atoms with E-state index in [9.17, 15) is 9.59 Å². The molecule has 0 N–H and O–H groups in total. The van der Waals surface area contributed by atoms with Crippen molar-refractivity contribution in [2.75, 3.05) is 6.61 Å². The summed E-state index contributed by atoms with van der Waals surface area (Å²) in [5.74, 6) is -0.725. The summed E-state index contributed by atoms with van der Waals surface area (Å²) in [5.41, 5.74) is 1.65. The Hall–Kier alpha value is -2.49. The highest BCUT2D eigenvalue weighted by Crippen LogP contribution is 2.16. The van der Waals surface area contributed by atoms with Crippen LogP contribution >= 0.6 is 0 Å². The maximum absolute atomic E-state index is 11.4. The van der Waals surface area contributed by atoms with E-state index in [1.807, 2.05) is 30.3 Å². The van der Waals surface area contributed by atoms with Gasteiger partial charge in [0.05, 0.1) is 5.52 Å². The van der Waals surface area contributed by atoms with Gasteiger partial charge in [-0.3, -0.25) is 9.78 Å². The molecule has 0 saturated carbocycles. The first-order valence-electron chi connectivity index (χ1n) is 5.85. The number of para-hydroxylation sites is 1. The van der Waals surface area contributed by atoms with Gasteiger partial charge in [-0.05, 0) is 19.1 Å². The van der Waals surface area contributed by atoms with Crippen LogP contribution in [0.3, 0.4) is 0 Å². The standard InChI is InChI=1S/C15H13NO3/c1-11(17)10-19-14(18)8-7-13-5-2-4-12-6-3-9-16-15(12)13/h2-9H,10H2,1H3/b8-7+. The molecule has 0 bridgehead atoms. The van der Waals surface area contributed by atoms with Gasteiger partial charge in [-0.25, -0.2) is 4.79 Å². The average Bonchev–Trinajstić information content (AvgIpc) is 2.42. The molecule has 2 rings (SSSR count). The van der Waals surface area contributed by atoms with E-state index < -0.39 is 5.97 Å². The topological polar surface area (TPSA) is 56.3 Å². The number of hydrogen-bond donors (Lipinski definition) is 0. The zero-order valence-corrected chi connectivity index (χ0v) is 10.5. The lowest BCUT2D eigenvalue weighted by molar-refractivity contribution is -0.142. The van der Waals surface area contributed by atoms with Crippen LogP contribution in [-0.2, 0) is 14.3 Å². The fourth-order valence-electron chi connectivity index (χ4n) is 1.64. The first-order chi connectivity index (χ1) is 9.16. The van der Waals surface area contributed by atoms with E-state index in [-0.39, 0.29) is 12.4 Å². The molecule has 0 fully saturated rings. The Labute approximate surface area is 110 Å². The smallest absolute Gasteiger partial charge is 0.331 e. The second-order valence-corrected chi connectivity index (χ2v) is 4.07. The predicted octanol–water partition coefficient (Wildman–Crippen LogP) is 2.38. The van der Waals surface area contributed by atoms with E-state index in [0.717, 1.165) is 16.5 Å². The monoisotopic (exact) mass is 255 g/mol. The number of fused-ring (bicyclic) bond motifs is 1. The molecule has 0 aliphatic heterocycles. The van der Waals surface area contributed by atoms with Crippen molar-refractivity contribution in [1.82, 2.24) is 4.98 Å². The van der Waals surface area contributed by atoms with Gasteiger partial charge in [-0.15, -0.1) is 0 Å². The van der Waals surface area contributed by atoms with E-state index >= 15 is 0 Å². The fraction of sp³-hybridized carbons (Fsp3) is 0.133. The van der Waals surface area contributed by atoms with Crippen molar-refractivity contribution in [3.8, 4) is 0 Å². The minimum Gasteiger partial charge on any atom is -0.455 e. The molecular formula is C15H13NO3. The molecule has 0 unspecified atom stereocenters. The zero-order chi connectivity index (χ0) is 13.7. The van der Waals surface area contributed by atoms with Crippen LogP contribution in [-0.4, -0.2) is 23.3 Å². The Bertz CT molecular complexity index is 641. The van der Waals surface area contributed by atoms with Crippen molar-refractivity contribution in [2.24, 2.45) is 0 Å². The third kappa shape index (κ3) is 3.48. The highest BCUT2D eigenvalue weighted by atomic mass is 16.5. The number of aromatic nitrogens is 1. The molecule has 0 atom stereocenters. The first kappa shape index (κ1) is 13.0. The number of esters is 1. The molecule has 1 aromatic carbocycles. The maximum atomic E-state index is 11.4. The number of ketones is 1. The number of carbonyl (C=O) groups is 2. The number of rotatable bonds is 4. The van der Waals surface area contributed by atoms with Gasteiger partial charge in [0.15, 0.2) is 5.78 Å². The minimum atomic E-state index is -0.539.